The number of aromatic nitrogens is 2. The fourth-order valence-electron chi connectivity index (χ4n) is 2.84. The highest BCUT2D eigenvalue weighted by molar-refractivity contribution is 5.83. The number of nitrogens with zero attached hydrogens (tertiary/aromatic N) is 2. The van der Waals surface area contributed by atoms with E-state index in [1.165, 1.54) is 10.9 Å². The van der Waals surface area contributed by atoms with Gasteiger partial charge in [-0.15, -0.1) is 0 Å². The van der Waals surface area contributed by atoms with Crippen LogP contribution < -0.4 is 15.7 Å². The van der Waals surface area contributed by atoms with Crippen molar-refractivity contribution in [2.75, 3.05) is 6.61 Å². The molecule has 3 aromatic rings. The Hall–Kier alpha value is -3.61. The molecular formula is C21H22N4O3. The highest BCUT2D eigenvalue weighted by Crippen LogP contribution is 2.15. The summed E-state index contributed by atoms with van der Waals surface area (Å²) in [6, 6.07) is 15.0. The molecule has 3 rings (SSSR count). The number of hydrogen-bond acceptors (Lipinski definition) is 4. The number of carbonyl (C=O) groups excluding carboxylic acids is 1. The maximum Gasteiger partial charge on any atom is 0.280 e. The molecule has 0 aliphatic rings. The predicted molar refractivity (Wildman–Crippen MR) is 108 cm³/mol. The number of para-hydroxylation sites is 1. The molecule has 0 unspecified atom stereocenters. The Morgan fingerprint density at radius 3 is 2.50 bits per heavy atom. The molecule has 7 nitrogen and oxygen atoms in total. The maximum atomic E-state index is 12.5. The van der Waals surface area contributed by atoms with Crippen LogP contribution >= 0.6 is 0 Å². The van der Waals surface area contributed by atoms with E-state index < -0.39 is 5.91 Å². The van der Waals surface area contributed by atoms with Crippen molar-refractivity contribution in [1.82, 2.24) is 15.2 Å². The summed E-state index contributed by atoms with van der Waals surface area (Å²) in [7, 11) is 0. The number of nitrogens with one attached hydrogen (secondary N) is 2. The van der Waals surface area contributed by atoms with E-state index in [0.29, 0.717) is 17.0 Å². The van der Waals surface area contributed by atoms with Gasteiger partial charge in [0.15, 0.2) is 6.61 Å². The number of carbonyl (C=O) groups is 1. The second-order valence-corrected chi connectivity index (χ2v) is 6.53. The van der Waals surface area contributed by atoms with Gasteiger partial charge in [0.1, 0.15) is 5.75 Å². The number of aryl methyl sites for hydroxylation is 3. The number of ether oxygens (including phenoxy) is 1. The molecule has 1 aromatic heterocycles. The highest BCUT2D eigenvalue weighted by Gasteiger charge is 2.10. The molecular weight excluding hydrogens is 356 g/mol. The summed E-state index contributed by atoms with van der Waals surface area (Å²) in [5, 5.41) is 6.88. The number of rotatable bonds is 6. The van der Waals surface area contributed by atoms with Gasteiger partial charge in [-0.25, -0.2) is 10.1 Å². The quantitative estimate of drug-likeness (QED) is 0.510. The van der Waals surface area contributed by atoms with Crippen molar-refractivity contribution in [2.24, 2.45) is 5.10 Å². The molecule has 0 atom stereocenters. The van der Waals surface area contributed by atoms with Crippen LogP contribution in [-0.2, 0) is 4.79 Å². The zero-order valence-corrected chi connectivity index (χ0v) is 16.0. The van der Waals surface area contributed by atoms with Crippen molar-refractivity contribution >= 4 is 12.1 Å². The Bertz CT molecular complexity index is 1040. The topological polar surface area (TPSA) is 88.5 Å². The van der Waals surface area contributed by atoms with E-state index in [4.69, 9.17) is 4.74 Å². The summed E-state index contributed by atoms with van der Waals surface area (Å²) >= 11 is 0. The Balaban J connectivity index is 1.62. The van der Waals surface area contributed by atoms with Crippen molar-refractivity contribution in [2.45, 2.75) is 20.8 Å². The predicted octanol–water partition coefficient (Wildman–Crippen LogP) is 2.62. The van der Waals surface area contributed by atoms with Crippen molar-refractivity contribution in [3.05, 3.63) is 81.3 Å². The molecule has 0 saturated heterocycles. The molecule has 0 aliphatic heterocycles. The lowest BCUT2D eigenvalue weighted by Gasteiger charge is -2.07. The number of aromatic amines is 1. The first-order valence-electron chi connectivity index (χ1n) is 8.84. The van der Waals surface area contributed by atoms with Crippen LogP contribution in [0.2, 0.25) is 0 Å². The Morgan fingerprint density at radius 1 is 1.14 bits per heavy atom. The van der Waals surface area contributed by atoms with Crippen molar-refractivity contribution in [3.8, 4) is 11.4 Å². The van der Waals surface area contributed by atoms with Gasteiger partial charge in [0.05, 0.1) is 17.5 Å². The summed E-state index contributed by atoms with van der Waals surface area (Å²) in [6.07, 6.45) is 1.34. The monoisotopic (exact) mass is 378 g/mol. The van der Waals surface area contributed by atoms with Crippen molar-refractivity contribution in [3.63, 3.8) is 0 Å². The van der Waals surface area contributed by atoms with Crippen LogP contribution in [0.4, 0.5) is 0 Å². The second kappa shape index (κ2) is 8.39. The molecule has 1 heterocycles. The molecule has 2 aromatic carbocycles. The molecule has 0 radical (unpaired) electrons. The minimum atomic E-state index is -0.410. The number of amides is 1. The van der Waals surface area contributed by atoms with Crippen molar-refractivity contribution in [1.29, 1.82) is 0 Å². The molecule has 0 aliphatic carbocycles. The first-order chi connectivity index (χ1) is 13.4. The van der Waals surface area contributed by atoms with Gasteiger partial charge in [0, 0.05) is 5.69 Å². The largest absolute Gasteiger partial charge is 0.484 e. The Morgan fingerprint density at radius 2 is 1.82 bits per heavy atom. The van der Waals surface area contributed by atoms with Crippen LogP contribution in [0.1, 0.15) is 22.4 Å². The first-order valence-corrected chi connectivity index (χ1v) is 8.84. The standard InChI is InChI=1S/C21H22N4O3/c1-14-9-15(2)11-18(10-14)28-13-20(26)23-22-12-19-16(3)24-25(21(19)27)17-7-5-4-6-8-17/h4-12,24H,13H2,1-3H3,(H,23,26). The van der Waals surface area contributed by atoms with Crippen LogP contribution in [0, 0.1) is 20.8 Å². The summed E-state index contributed by atoms with van der Waals surface area (Å²) in [5.74, 6) is 0.218. The van der Waals surface area contributed by atoms with Crippen LogP contribution in [0.25, 0.3) is 5.69 Å². The second-order valence-electron chi connectivity index (χ2n) is 6.53. The lowest BCUT2D eigenvalue weighted by Crippen LogP contribution is -2.25. The number of hydrazone groups is 1. The van der Waals surface area contributed by atoms with E-state index in [0.717, 1.165) is 16.8 Å². The molecule has 0 bridgehead atoms. The van der Waals surface area contributed by atoms with Crippen molar-refractivity contribution < 1.29 is 9.53 Å². The lowest BCUT2D eigenvalue weighted by atomic mass is 10.1. The van der Waals surface area contributed by atoms with Gasteiger partial charge in [-0.2, -0.15) is 5.10 Å². The summed E-state index contributed by atoms with van der Waals surface area (Å²) in [4.78, 5) is 24.5. The Kier molecular flexibility index (Phi) is 5.74. The summed E-state index contributed by atoms with van der Waals surface area (Å²) in [5.41, 5.74) is 6.01. The molecule has 0 fully saturated rings. The fourth-order valence-corrected chi connectivity index (χ4v) is 2.84. The van der Waals surface area contributed by atoms with Gasteiger partial charge < -0.3 is 4.74 Å². The zero-order chi connectivity index (χ0) is 20.1. The van der Waals surface area contributed by atoms with Crippen LogP contribution in [0.3, 0.4) is 0 Å². The van der Waals surface area contributed by atoms with Crippen LogP contribution in [-0.4, -0.2) is 28.5 Å². The van der Waals surface area contributed by atoms with Crippen LogP contribution in [0.5, 0.6) is 5.75 Å². The van der Waals surface area contributed by atoms with E-state index in [2.05, 4.69) is 15.6 Å². The molecule has 0 saturated carbocycles. The van der Waals surface area contributed by atoms with E-state index in [9.17, 15) is 9.59 Å². The minimum Gasteiger partial charge on any atom is -0.484 e. The minimum absolute atomic E-state index is 0.166. The first kappa shape index (κ1) is 19.2. The molecule has 144 valence electrons. The van der Waals surface area contributed by atoms with Gasteiger partial charge in [0.2, 0.25) is 0 Å². The average molecular weight is 378 g/mol. The average Bonchev–Trinajstić information content (AvgIpc) is 2.94. The van der Waals surface area contributed by atoms with E-state index in [1.54, 1.807) is 6.92 Å². The van der Waals surface area contributed by atoms with E-state index >= 15 is 0 Å². The molecule has 7 heteroatoms. The lowest BCUT2D eigenvalue weighted by molar-refractivity contribution is -0.123. The molecule has 28 heavy (non-hydrogen) atoms. The van der Waals surface area contributed by atoms with Gasteiger partial charge in [-0.05, 0) is 56.2 Å². The number of H-pyrrole nitrogens is 1. The maximum absolute atomic E-state index is 12.5. The van der Waals surface area contributed by atoms with Crippen LogP contribution in [0.15, 0.2) is 58.4 Å². The van der Waals surface area contributed by atoms with Gasteiger partial charge >= 0.3 is 0 Å². The van der Waals surface area contributed by atoms with Gasteiger partial charge in [-0.1, -0.05) is 24.3 Å². The SMILES string of the molecule is Cc1cc(C)cc(OCC(=O)NN=Cc2c(C)[nH]n(-c3ccccc3)c2=O)c1. The fraction of sp³-hybridized carbons (Fsp3) is 0.190. The normalized spacial score (nSPS) is 11.0. The van der Waals surface area contributed by atoms with E-state index in [1.807, 2.05) is 62.4 Å². The third-order valence-corrected chi connectivity index (χ3v) is 4.08. The number of benzene rings is 2. The zero-order valence-electron chi connectivity index (χ0n) is 16.0. The smallest absolute Gasteiger partial charge is 0.280 e. The molecule has 2 N–H and O–H groups in total. The number of hydrogen-bond donors (Lipinski definition) is 2. The summed E-state index contributed by atoms with van der Waals surface area (Å²) in [6.45, 7) is 5.53. The van der Waals surface area contributed by atoms with E-state index in [-0.39, 0.29) is 12.2 Å². The molecule has 1 amide bonds. The summed E-state index contributed by atoms with van der Waals surface area (Å²) < 4.78 is 6.92. The third-order valence-electron chi connectivity index (χ3n) is 4.08. The third kappa shape index (κ3) is 4.56. The molecule has 0 spiro atoms. The Labute approximate surface area is 162 Å². The van der Waals surface area contributed by atoms with Gasteiger partial charge in [-0.3, -0.25) is 14.7 Å². The highest BCUT2D eigenvalue weighted by atomic mass is 16.5. The van der Waals surface area contributed by atoms with Gasteiger partial charge in [0.25, 0.3) is 11.5 Å².